The molecule has 13 heavy (non-hydrogen) atoms. The van der Waals surface area contributed by atoms with Crippen LogP contribution in [0.4, 0.5) is 0 Å². The molecule has 4 heteroatoms. The highest BCUT2D eigenvalue weighted by Crippen LogP contribution is 2.26. The number of thiazole rings is 1. The average Bonchev–Trinajstić information content (AvgIpc) is 2.67. The monoisotopic (exact) mass is 199 g/mol. The fourth-order valence-corrected chi connectivity index (χ4v) is 2.29. The van der Waals surface area contributed by atoms with E-state index >= 15 is 0 Å². The van der Waals surface area contributed by atoms with E-state index < -0.39 is 0 Å². The Bertz CT molecular complexity index is 268. The van der Waals surface area contributed by atoms with Gasteiger partial charge in [0, 0.05) is 17.9 Å². The lowest BCUT2D eigenvalue weighted by Crippen LogP contribution is -2.15. The molecule has 1 saturated heterocycles. The predicted molar refractivity (Wildman–Crippen MR) is 50.8 cm³/mol. The van der Waals surface area contributed by atoms with E-state index in [0.717, 1.165) is 36.8 Å². The zero-order valence-electron chi connectivity index (χ0n) is 7.40. The molecular weight excluding hydrogens is 186 g/mol. The van der Waals surface area contributed by atoms with Gasteiger partial charge in [-0.05, 0) is 12.8 Å². The summed E-state index contributed by atoms with van der Waals surface area (Å²) < 4.78 is 5.38. The second-order valence-electron chi connectivity index (χ2n) is 3.24. The smallest absolute Gasteiger partial charge is 0.118 e. The van der Waals surface area contributed by atoms with E-state index in [-0.39, 0.29) is 6.61 Å². The molecule has 0 saturated carbocycles. The van der Waals surface area contributed by atoms with Crippen LogP contribution in [0.15, 0.2) is 5.38 Å². The van der Waals surface area contributed by atoms with Crippen LogP contribution in [0.2, 0.25) is 0 Å². The molecule has 1 aliphatic rings. The Morgan fingerprint density at radius 1 is 1.69 bits per heavy atom. The van der Waals surface area contributed by atoms with Crippen LogP contribution in [0.25, 0.3) is 0 Å². The van der Waals surface area contributed by atoms with Crippen LogP contribution in [0.3, 0.4) is 0 Å². The van der Waals surface area contributed by atoms with Gasteiger partial charge in [0.05, 0.1) is 18.9 Å². The first kappa shape index (κ1) is 9.12. The standard InChI is InChI=1S/C9H13NO2S/c11-4-9-10-8(6-13-9)7-2-1-3-12-5-7/h6-7,11H,1-5H2. The molecule has 2 rings (SSSR count). The molecule has 3 nitrogen and oxygen atoms in total. The van der Waals surface area contributed by atoms with Gasteiger partial charge in [-0.1, -0.05) is 0 Å². The maximum atomic E-state index is 8.87. The fourth-order valence-electron chi connectivity index (χ4n) is 1.56. The number of aliphatic hydroxyl groups excluding tert-OH is 1. The maximum Gasteiger partial charge on any atom is 0.118 e. The number of ether oxygens (including phenoxy) is 1. The minimum absolute atomic E-state index is 0.0538. The lowest BCUT2D eigenvalue weighted by atomic mass is 10.00. The number of nitrogens with zero attached hydrogens (tertiary/aromatic N) is 1. The van der Waals surface area contributed by atoms with Crippen molar-refractivity contribution in [3.63, 3.8) is 0 Å². The number of hydrogen-bond donors (Lipinski definition) is 1. The van der Waals surface area contributed by atoms with Gasteiger partial charge in [0.15, 0.2) is 0 Å². The van der Waals surface area contributed by atoms with Gasteiger partial charge in [-0.15, -0.1) is 11.3 Å². The minimum atomic E-state index is 0.0538. The first-order valence-electron chi connectivity index (χ1n) is 4.53. The normalized spacial score (nSPS) is 23.3. The van der Waals surface area contributed by atoms with E-state index in [1.54, 1.807) is 0 Å². The molecule has 0 bridgehead atoms. The van der Waals surface area contributed by atoms with Gasteiger partial charge in [0.25, 0.3) is 0 Å². The lowest BCUT2D eigenvalue weighted by Gasteiger charge is -2.19. The first-order valence-corrected chi connectivity index (χ1v) is 5.41. The number of aromatic nitrogens is 1. The highest BCUT2D eigenvalue weighted by Gasteiger charge is 2.18. The van der Waals surface area contributed by atoms with Crippen LogP contribution >= 0.6 is 11.3 Å². The molecule has 0 aromatic carbocycles. The molecule has 72 valence electrons. The Hall–Kier alpha value is -0.450. The molecule has 1 aromatic heterocycles. The van der Waals surface area contributed by atoms with Gasteiger partial charge < -0.3 is 9.84 Å². The van der Waals surface area contributed by atoms with E-state index in [0.29, 0.717) is 5.92 Å². The average molecular weight is 199 g/mol. The molecule has 1 unspecified atom stereocenters. The quantitative estimate of drug-likeness (QED) is 0.785. The van der Waals surface area contributed by atoms with Crippen molar-refractivity contribution in [1.29, 1.82) is 0 Å². The zero-order chi connectivity index (χ0) is 9.10. The van der Waals surface area contributed by atoms with Crippen LogP contribution in [-0.2, 0) is 11.3 Å². The van der Waals surface area contributed by atoms with Crippen LogP contribution in [0, 0.1) is 0 Å². The van der Waals surface area contributed by atoms with Crippen molar-refractivity contribution >= 4 is 11.3 Å². The summed E-state index contributed by atoms with van der Waals surface area (Å²) in [5.74, 6) is 0.449. The largest absolute Gasteiger partial charge is 0.389 e. The summed E-state index contributed by atoms with van der Waals surface area (Å²) in [6.45, 7) is 1.72. The highest BCUT2D eigenvalue weighted by molar-refractivity contribution is 7.09. The van der Waals surface area contributed by atoms with Gasteiger partial charge in [-0.3, -0.25) is 0 Å². The van der Waals surface area contributed by atoms with Gasteiger partial charge in [0.1, 0.15) is 5.01 Å². The number of hydrogen-bond acceptors (Lipinski definition) is 4. The summed E-state index contributed by atoms with van der Waals surface area (Å²) in [6.07, 6.45) is 2.28. The van der Waals surface area contributed by atoms with Gasteiger partial charge in [0.2, 0.25) is 0 Å². The van der Waals surface area contributed by atoms with Crippen LogP contribution in [0.1, 0.15) is 29.5 Å². The van der Waals surface area contributed by atoms with Crippen molar-refractivity contribution < 1.29 is 9.84 Å². The van der Waals surface area contributed by atoms with E-state index in [9.17, 15) is 0 Å². The summed E-state index contributed by atoms with van der Waals surface area (Å²) >= 11 is 1.53. The lowest BCUT2D eigenvalue weighted by molar-refractivity contribution is 0.0794. The van der Waals surface area contributed by atoms with Crippen molar-refractivity contribution in [3.8, 4) is 0 Å². The number of rotatable bonds is 2. The second kappa shape index (κ2) is 4.17. The van der Waals surface area contributed by atoms with E-state index in [1.807, 2.05) is 5.38 Å². The van der Waals surface area contributed by atoms with Crippen molar-refractivity contribution in [2.24, 2.45) is 0 Å². The molecule has 1 atom stereocenters. The third-order valence-corrected chi connectivity index (χ3v) is 3.14. The van der Waals surface area contributed by atoms with Crippen molar-refractivity contribution in [2.75, 3.05) is 13.2 Å². The zero-order valence-corrected chi connectivity index (χ0v) is 8.22. The van der Waals surface area contributed by atoms with E-state index in [1.165, 1.54) is 11.3 Å². The first-order chi connectivity index (χ1) is 6.40. The summed E-state index contributed by atoms with van der Waals surface area (Å²) in [5.41, 5.74) is 1.09. The molecule has 0 aliphatic carbocycles. The van der Waals surface area contributed by atoms with Gasteiger partial charge in [-0.2, -0.15) is 0 Å². The molecular formula is C9H13NO2S. The van der Waals surface area contributed by atoms with E-state index in [4.69, 9.17) is 9.84 Å². The Morgan fingerprint density at radius 2 is 2.62 bits per heavy atom. The molecule has 2 heterocycles. The summed E-state index contributed by atoms with van der Waals surface area (Å²) in [5, 5.41) is 11.7. The third-order valence-electron chi connectivity index (χ3n) is 2.28. The Morgan fingerprint density at radius 3 is 3.23 bits per heavy atom. The third kappa shape index (κ3) is 2.07. The SMILES string of the molecule is OCc1nc(C2CCCOC2)cs1. The van der Waals surface area contributed by atoms with E-state index in [2.05, 4.69) is 4.98 Å². The van der Waals surface area contributed by atoms with Crippen LogP contribution < -0.4 is 0 Å². The molecule has 1 aliphatic heterocycles. The Labute approximate surface area is 81.4 Å². The topological polar surface area (TPSA) is 42.4 Å². The molecule has 0 amide bonds. The molecule has 0 spiro atoms. The van der Waals surface area contributed by atoms with Crippen molar-refractivity contribution in [2.45, 2.75) is 25.4 Å². The maximum absolute atomic E-state index is 8.87. The fraction of sp³-hybridized carbons (Fsp3) is 0.667. The summed E-state index contributed by atoms with van der Waals surface area (Å²) in [6, 6.07) is 0. The van der Waals surface area contributed by atoms with Gasteiger partial charge in [-0.25, -0.2) is 4.98 Å². The molecule has 0 radical (unpaired) electrons. The minimum Gasteiger partial charge on any atom is -0.389 e. The Kier molecular flexibility index (Phi) is 2.93. The molecule has 1 aromatic rings. The predicted octanol–water partition coefficient (Wildman–Crippen LogP) is 1.53. The van der Waals surface area contributed by atoms with Gasteiger partial charge >= 0.3 is 0 Å². The molecule has 1 fully saturated rings. The number of aliphatic hydroxyl groups is 1. The summed E-state index contributed by atoms with van der Waals surface area (Å²) in [7, 11) is 0. The highest BCUT2D eigenvalue weighted by atomic mass is 32.1. The van der Waals surface area contributed by atoms with Crippen LogP contribution in [-0.4, -0.2) is 23.3 Å². The molecule has 1 N–H and O–H groups in total. The summed E-state index contributed by atoms with van der Waals surface area (Å²) in [4.78, 5) is 4.34. The van der Waals surface area contributed by atoms with Crippen LogP contribution in [0.5, 0.6) is 0 Å². The van der Waals surface area contributed by atoms with Crippen molar-refractivity contribution in [1.82, 2.24) is 4.98 Å². The second-order valence-corrected chi connectivity index (χ2v) is 4.18. The van der Waals surface area contributed by atoms with Crippen molar-refractivity contribution in [3.05, 3.63) is 16.1 Å². The Balaban J connectivity index is 2.05.